The van der Waals surface area contributed by atoms with Gasteiger partial charge in [0.25, 0.3) is 0 Å². The summed E-state index contributed by atoms with van der Waals surface area (Å²) in [5.74, 6) is 1.87. The zero-order valence-corrected chi connectivity index (χ0v) is 12.5. The highest BCUT2D eigenvalue weighted by Crippen LogP contribution is 2.22. The van der Waals surface area contributed by atoms with Crippen molar-refractivity contribution >= 4 is 11.6 Å². The Morgan fingerprint density at radius 2 is 1.90 bits per heavy atom. The second-order valence-electron chi connectivity index (χ2n) is 5.20. The third kappa shape index (κ3) is 3.92. The van der Waals surface area contributed by atoms with Gasteiger partial charge >= 0.3 is 0 Å². The highest BCUT2D eigenvalue weighted by atomic mass is 16.3. The van der Waals surface area contributed by atoms with Gasteiger partial charge in [-0.3, -0.25) is 0 Å². The summed E-state index contributed by atoms with van der Waals surface area (Å²) in [7, 11) is 0. The lowest BCUT2D eigenvalue weighted by atomic mass is 10.2. The van der Waals surface area contributed by atoms with Crippen molar-refractivity contribution in [1.29, 1.82) is 0 Å². The molecule has 1 aromatic heterocycles. The first-order valence-electron chi connectivity index (χ1n) is 7.19. The van der Waals surface area contributed by atoms with Crippen LogP contribution in [0.4, 0.5) is 11.6 Å². The summed E-state index contributed by atoms with van der Waals surface area (Å²) in [6.45, 7) is 5.09. The monoisotopic (exact) mass is 286 g/mol. The Morgan fingerprint density at radius 3 is 2.52 bits per heavy atom. The SMILES string of the molecule is CC(C)N(CCCO)c1cc(N)nc(-c2ccccc2)n1. The van der Waals surface area contributed by atoms with Crippen molar-refractivity contribution in [2.45, 2.75) is 26.3 Å². The summed E-state index contributed by atoms with van der Waals surface area (Å²) in [5, 5.41) is 9.05. The molecule has 0 radical (unpaired) electrons. The van der Waals surface area contributed by atoms with Gasteiger partial charge in [0, 0.05) is 30.8 Å². The fraction of sp³-hybridized carbons (Fsp3) is 0.375. The number of hydrogen-bond donors (Lipinski definition) is 2. The summed E-state index contributed by atoms with van der Waals surface area (Å²) < 4.78 is 0. The molecule has 0 unspecified atom stereocenters. The third-order valence-electron chi connectivity index (χ3n) is 3.24. The second kappa shape index (κ2) is 7.04. The molecule has 1 aromatic carbocycles. The normalized spacial score (nSPS) is 10.9. The molecule has 5 heteroatoms. The molecule has 0 aliphatic rings. The first-order chi connectivity index (χ1) is 10.1. The molecule has 0 amide bonds. The largest absolute Gasteiger partial charge is 0.396 e. The quantitative estimate of drug-likeness (QED) is 0.852. The predicted octanol–water partition coefficient (Wildman–Crippen LogP) is 2.32. The van der Waals surface area contributed by atoms with Gasteiger partial charge in [-0.05, 0) is 20.3 Å². The van der Waals surface area contributed by atoms with Gasteiger partial charge in [-0.25, -0.2) is 9.97 Å². The molecule has 0 spiro atoms. The smallest absolute Gasteiger partial charge is 0.163 e. The topological polar surface area (TPSA) is 75.3 Å². The van der Waals surface area contributed by atoms with Gasteiger partial charge in [0.15, 0.2) is 5.82 Å². The van der Waals surface area contributed by atoms with Crippen molar-refractivity contribution in [1.82, 2.24) is 9.97 Å². The molecule has 0 aliphatic carbocycles. The Bertz CT molecular complexity index is 572. The molecule has 0 saturated heterocycles. The van der Waals surface area contributed by atoms with Crippen LogP contribution in [0.1, 0.15) is 20.3 Å². The van der Waals surface area contributed by atoms with E-state index in [-0.39, 0.29) is 12.6 Å². The lowest BCUT2D eigenvalue weighted by molar-refractivity contribution is 0.288. The van der Waals surface area contributed by atoms with Gasteiger partial charge in [0.2, 0.25) is 0 Å². The number of rotatable bonds is 6. The highest BCUT2D eigenvalue weighted by Gasteiger charge is 2.14. The zero-order chi connectivity index (χ0) is 15.2. The van der Waals surface area contributed by atoms with Crippen molar-refractivity contribution in [3.8, 4) is 11.4 Å². The van der Waals surface area contributed by atoms with E-state index in [1.807, 2.05) is 30.3 Å². The third-order valence-corrected chi connectivity index (χ3v) is 3.24. The van der Waals surface area contributed by atoms with Crippen LogP contribution in [0.15, 0.2) is 36.4 Å². The van der Waals surface area contributed by atoms with E-state index in [0.29, 0.717) is 18.1 Å². The minimum absolute atomic E-state index is 0.162. The summed E-state index contributed by atoms with van der Waals surface area (Å²) >= 11 is 0. The number of nitrogens with two attached hydrogens (primary N) is 1. The van der Waals surface area contributed by atoms with Crippen LogP contribution in [0, 0.1) is 0 Å². The molecular formula is C16H22N4O. The van der Waals surface area contributed by atoms with Crippen LogP contribution in [0.5, 0.6) is 0 Å². The van der Waals surface area contributed by atoms with E-state index in [1.165, 1.54) is 0 Å². The molecule has 112 valence electrons. The average Bonchev–Trinajstić information content (AvgIpc) is 2.48. The number of anilines is 2. The van der Waals surface area contributed by atoms with Crippen LogP contribution in [0.2, 0.25) is 0 Å². The maximum Gasteiger partial charge on any atom is 0.163 e. The predicted molar refractivity (Wildman–Crippen MR) is 86.1 cm³/mol. The second-order valence-corrected chi connectivity index (χ2v) is 5.20. The number of hydrogen-bond acceptors (Lipinski definition) is 5. The Balaban J connectivity index is 2.37. The molecule has 0 bridgehead atoms. The van der Waals surface area contributed by atoms with Crippen molar-refractivity contribution in [2.75, 3.05) is 23.8 Å². The van der Waals surface area contributed by atoms with E-state index in [9.17, 15) is 0 Å². The first kappa shape index (κ1) is 15.3. The molecule has 5 nitrogen and oxygen atoms in total. The van der Waals surface area contributed by atoms with Crippen molar-refractivity contribution in [3.63, 3.8) is 0 Å². The minimum Gasteiger partial charge on any atom is -0.396 e. The van der Waals surface area contributed by atoms with E-state index >= 15 is 0 Å². The molecular weight excluding hydrogens is 264 g/mol. The van der Waals surface area contributed by atoms with Crippen molar-refractivity contribution < 1.29 is 5.11 Å². The van der Waals surface area contributed by atoms with Gasteiger partial charge in [0.1, 0.15) is 11.6 Å². The van der Waals surface area contributed by atoms with Crippen LogP contribution in [-0.4, -0.2) is 34.3 Å². The molecule has 3 N–H and O–H groups in total. The van der Waals surface area contributed by atoms with Crippen LogP contribution in [0.25, 0.3) is 11.4 Å². The zero-order valence-electron chi connectivity index (χ0n) is 12.5. The lowest BCUT2D eigenvalue weighted by Gasteiger charge is -2.28. The Hall–Kier alpha value is -2.14. The van der Waals surface area contributed by atoms with Crippen molar-refractivity contribution in [3.05, 3.63) is 36.4 Å². The van der Waals surface area contributed by atoms with E-state index in [1.54, 1.807) is 6.07 Å². The number of benzene rings is 1. The average molecular weight is 286 g/mol. The summed E-state index contributed by atoms with van der Waals surface area (Å²) in [4.78, 5) is 11.1. The number of nitrogens with zero attached hydrogens (tertiary/aromatic N) is 3. The summed E-state index contributed by atoms with van der Waals surface area (Å²) in [6, 6.07) is 11.8. The summed E-state index contributed by atoms with van der Waals surface area (Å²) in [6.07, 6.45) is 0.697. The van der Waals surface area contributed by atoms with Gasteiger partial charge in [0.05, 0.1) is 0 Å². The van der Waals surface area contributed by atoms with Crippen molar-refractivity contribution in [2.24, 2.45) is 0 Å². The lowest BCUT2D eigenvalue weighted by Crippen LogP contribution is -2.33. The van der Waals surface area contributed by atoms with Gasteiger partial charge < -0.3 is 15.7 Å². The number of aliphatic hydroxyl groups is 1. The van der Waals surface area contributed by atoms with E-state index in [2.05, 4.69) is 28.7 Å². The molecule has 0 aliphatic heterocycles. The molecule has 2 rings (SSSR count). The van der Waals surface area contributed by atoms with Crippen LogP contribution in [0.3, 0.4) is 0 Å². The number of aliphatic hydroxyl groups excluding tert-OH is 1. The fourth-order valence-electron chi connectivity index (χ4n) is 2.19. The minimum atomic E-state index is 0.162. The number of nitrogen functional groups attached to an aromatic ring is 1. The Labute approximate surface area is 125 Å². The van der Waals surface area contributed by atoms with Gasteiger partial charge in [-0.1, -0.05) is 30.3 Å². The molecule has 0 saturated carbocycles. The molecule has 0 fully saturated rings. The van der Waals surface area contributed by atoms with Crippen LogP contribution >= 0.6 is 0 Å². The fourth-order valence-corrected chi connectivity index (χ4v) is 2.19. The summed E-state index contributed by atoms with van der Waals surface area (Å²) in [5.41, 5.74) is 6.88. The first-order valence-corrected chi connectivity index (χ1v) is 7.19. The van der Waals surface area contributed by atoms with E-state index < -0.39 is 0 Å². The molecule has 21 heavy (non-hydrogen) atoms. The molecule has 1 heterocycles. The Morgan fingerprint density at radius 1 is 1.19 bits per heavy atom. The standard InChI is InChI=1S/C16H22N4O/c1-12(2)20(9-6-10-21)15-11-14(17)18-16(19-15)13-7-4-3-5-8-13/h3-5,7-8,11-12,21H,6,9-10H2,1-2H3,(H2,17,18,19). The van der Waals surface area contributed by atoms with Crippen LogP contribution in [-0.2, 0) is 0 Å². The van der Waals surface area contributed by atoms with Crippen LogP contribution < -0.4 is 10.6 Å². The molecule has 2 aromatic rings. The molecule has 0 atom stereocenters. The highest BCUT2D eigenvalue weighted by molar-refractivity contribution is 5.60. The van der Waals surface area contributed by atoms with E-state index in [4.69, 9.17) is 10.8 Å². The maximum atomic E-state index is 9.05. The number of aromatic nitrogens is 2. The van der Waals surface area contributed by atoms with Gasteiger partial charge in [-0.15, -0.1) is 0 Å². The van der Waals surface area contributed by atoms with Gasteiger partial charge in [-0.2, -0.15) is 0 Å². The Kier molecular flexibility index (Phi) is 5.11. The maximum absolute atomic E-state index is 9.05. The van der Waals surface area contributed by atoms with E-state index in [0.717, 1.165) is 17.9 Å².